The smallest absolute Gasteiger partial charge is 0.266 e. The molecule has 2 aromatic heterocycles. The number of nitrogen functional groups attached to an aromatic ring is 1. The van der Waals surface area contributed by atoms with Gasteiger partial charge in [0.15, 0.2) is 11.5 Å². The number of hydrogen-bond acceptors (Lipinski definition) is 5. The first kappa shape index (κ1) is 18.5. The fourth-order valence-corrected chi connectivity index (χ4v) is 3.82. The van der Waals surface area contributed by atoms with Crippen LogP contribution < -0.4 is 20.8 Å². The summed E-state index contributed by atoms with van der Waals surface area (Å²) in [6.45, 7) is 2.84. The van der Waals surface area contributed by atoms with Crippen LogP contribution in [0.25, 0.3) is 27.8 Å². The van der Waals surface area contributed by atoms with Gasteiger partial charge in [-0.2, -0.15) is 0 Å². The summed E-state index contributed by atoms with van der Waals surface area (Å²) in [7, 11) is 0. The Bertz CT molecular complexity index is 1350. The predicted octanol–water partition coefficient (Wildman–Crippen LogP) is 4.37. The summed E-state index contributed by atoms with van der Waals surface area (Å²) in [5.74, 6) is 1.25. The molecule has 0 aliphatic carbocycles. The molecule has 0 spiro atoms. The van der Waals surface area contributed by atoms with E-state index >= 15 is 0 Å². The normalized spacial score (nSPS) is 12.9. The second-order valence-corrected chi connectivity index (χ2v) is 7.52. The van der Waals surface area contributed by atoms with Crippen molar-refractivity contribution in [2.24, 2.45) is 0 Å². The molecule has 0 radical (unpaired) electrons. The molecule has 3 heterocycles. The molecule has 5 rings (SSSR count). The van der Waals surface area contributed by atoms with Gasteiger partial charge in [-0.3, -0.25) is 9.36 Å². The van der Waals surface area contributed by atoms with Crippen molar-refractivity contribution in [3.63, 3.8) is 0 Å². The van der Waals surface area contributed by atoms with Crippen LogP contribution in [-0.2, 0) is 0 Å². The molecule has 0 bridgehead atoms. The van der Waals surface area contributed by atoms with E-state index in [9.17, 15) is 4.79 Å². The van der Waals surface area contributed by atoms with Crippen molar-refractivity contribution < 1.29 is 9.47 Å². The first-order valence-electron chi connectivity index (χ1n) is 9.51. The van der Waals surface area contributed by atoms with Crippen molar-refractivity contribution in [2.75, 3.05) is 18.9 Å². The molecule has 6 nitrogen and oxygen atoms in total. The maximum atomic E-state index is 13.7. The van der Waals surface area contributed by atoms with E-state index in [0.29, 0.717) is 63.3 Å². The van der Waals surface area contributed by atoms with E-state index in [1.54, 1.807) is 41.0 Å². The molecule has 7 heteroatoms. The van der Waals surface area contributed by atoms with Crippen LogP contribution in [0.5, 0.6) is 11.5 Å². The minimum Gasteiger partial charge on any atom is -0.486 e. The molecule has 4 aromatic rings. The predicted molar refractivity (Wildman–Crippen MR) is 118 cm³/mol. The van der Waals surface area contributed by atoms with E-state index in [1.165, 1.54) is 0 Å². The van der Waals surface area contributed by atoms with Crippen LogP contribution in [0.1, 0.15) is 5.69 Å². The number of ether oxygens (including phenoxy) is 2. The van der Waals surface area contributed by atoms with Gasteiger partial charge in [-0.1, -0.05) is 17.7 Å². The van der Waals surface area contributed by atoms with Gasteiger partial charge < -0.3 is 15.2 Å². The number of aromatic nitrogens is 2. The zero-order chi connectivity index (χ0) is 20.8. The molecule has 0 saturated carbocycles. The number of pyridine rings is 2. The molecule has 2 aromatic carbocycles. The van der Waals surface area contributed by atoms with Crippen molar-refractivity contribution in [3.8, 4) is 28.3 Å². The quantitative estimate of drug-likeness (QED) is 0.522. The zero-order valence-corrected chi connectivity index (χ0v) is 16.9. The van der Waals surface area contributed by atoms with E-state index < -0.39 is 0 Å². The van der Waals surface area contributed by atoms with Crippen molar-refractivity contribution >= 4 is 28.3 Å². The third-order valence-electron chi connectivity index (χ3n) is 5.12. The number of rotatable bonds is 2. The number of hydrogen-bond donors (Lipinski definition) is 1. The van der Waals surface area contributed by atoms with Gasteiger partial charge in [0.25, 0.3) is 5.56 Å². The van der Waals surface area contributed by atoms with Gasteiger partial charge >= 0.3 is 0 Å². The molecule has 0 saturated heterocycles. The van der Waals surface area contributed by atoms with E-state index in [2.05, 4.69) is 4.98 Å². The first-order chi connectivity index (χ1) is 14.5. The lowest BCUT2D eigenvalue weighted by atomic mass is 10.0. The lowest BCUT2D eigenvalue weighted by Crippen LogP contribution is -2.23. The van der Waals surface area contributed by atoms with Crippen LogP contribution in [0.15, 0.2) is 59.4 Å². The van der Waals surface area contributed by atoms with Crippen LogP contribution in [0.2, 0.25) is 5.02 Å². The summed E-state index contributed by atoms with van der Waals surface area (Å²) in [4.78, 5) is 18.3. The minimum absolute atomic E-state index is 0.267. The third kappa shape index (κ3) is 2.97. The van der Waals surface area contributed by atoms with Crippen LogP contribution >= 0.6 is 11.6 Å². The second kappa shape index (κ2) is 7.07. The molecule has 1 aliphatic heterocycles. The van der Waals surface area contributed by atoms with E-state index in [4.69, 9.17) is 26.8 Å². The van der Waals surface area contributed by atoms with E-state index in [1.807, 2.05) is 25.1 Å². The van der Waals surface area contributed by atoms with Crippen LogP contribution in [-0.4, -0.2) is 22.8 Å². The minimum atomic E-state index is -0.267. The molecule has 0 fully saturated rings. The van der Waals surface area contributed by atoms with E-state index in [0.717, 1.165) is 5.69 Å². The Hall–Kier alpha value is -3.51. The Morgan fingerprint density at radius 3 is 2.50 bits per heavy atom. The second-order valence-electron chi connectivity index (χ2n) is 7.09. The van der Waals surface area contributed by atoms with Gasteiger partial charge in [0, 0.05) is 16.1 Å². The molecule has 150 valence electrons. The lowest BCUT2D eigenvalue weighted by molar-refractivity contribution is 0.171. The summed E-state index contributed by atoms with van der Waals surface area (Å²) in [5.41, 5.74) is 9.61. The molecule has 1 aliphatic rings. The third-order valence-corrected chi connectivity index (χ3v) is 5.37. The standard InChI is InChI=1S/C23H18ClN3O3/c1-13-2-8-17-21(25)20(14-3-9-18-19(12-14)30-11-10-29-18)23(28)27(22(17)26-13)16-6-4-15(24)5-7-16/h2-9,12H,10-11,25H2,1H3. The Morgan fingerprint density at radius 2 is 1.73 bits per heavy atom. The number of benzene rings is 2. The summed E-state index contributed by atoms with van der Waals surface area (Å²) < 4.78 is 12.9. The fourth-order valence-electron chi connectivity index (χ4n) is 3.69. The highest BCUT2D eigenvalue weighted by atomic mass is 35.5. The SMILES string of the molecule is Cc1ccc2c(N)c(-c3ccc4c(c3)OCCO4)c(=O)n(-c3ccc(Cl)cc3)c2n1. The molecular weight excluding hydrogens is 402 g/mol. The van der Waals surface area contributed by atoms with Gasteiger partial charge in [-0.25, -0.2) is 4.98 Å². The topological polar surface area (TPSA) is 79.4 Å². The Balaban J connectivity index is 1.84. The fraction of sp³-hybridized carbons (Fsp3) is 0.130. The molecule has 30 heavy (non-hydrogen) atoms. The molecule has 0 amide bonds. The first-order valence-corrected chi connectivity index (χ1v) is 9.88. The number of aryl methyl sites for hydroxylation is 1. The van der Waals surface area contributed by atoms with Gasteiger partial charge in [-0.05, 0) is 61.0 Å². The lowest BCUT2D eigenvalue weighted by Gasteiger charge is -2.20. The number of nitrogens with two attached hydrogens (primary N) is 1. The Morgan fingerprint density at radius 1 is 1.00 bits per heavy atom. The summed E-state index contributed by atoms with van der Waals surface area (Å²) in [6, 6.07) is 16.2. The summed E-state index contributed by atoms with van der Waals surface area (Å²) >= 11 is 6.05. The van der Waals surface area contributed by atoms with Crippen molar-refractivity contribution in [1.82, 2.24) is 9.55 Å². The number of nitrogens with zero attached hydrogens (tertiary/aromatic N) is 2. The molecule has 2 N–H and O–H groups in total. The van der Waals surface area contributed by atoms with Gasteiger partial charge in [0.05, 0.1) is 16.9 Å². The van der Waals surface area contributed by atoms with E-state index in [-0.39, 0.29) is 5.56 Å². The van der Waals surface area contributed by atoms with Crippen molar-refractivity contribution in [1.29, 1.82) is 0 Å². The largest absolute Gasteiger partial charge is 0.486 e. The maximum Gasteiger partial charge on any atom is 0.266 e. The average Bonchev–Trinajstić information content (AvgIpc) is 2.75. The van der Waals surface area contributed by atoms with Crippen molar-refractivity contribution in [2.45, 2.75) is 6.92 Å². The van der Waals surface area contributed by atoms with Crippen molar-refractivity contribution in [3.05, 3.63) is 75.7 Å². The highest BCUT2D eigenvalue weighted by Gasteiger charge is 2.21. The zero-order valence-electron chi connectivity index (χ0n) is 16.2. The van der Waals surface area contributed by atoms with Gasteiger partial charge in [0.2, 0.25) is 0 Å². The van der Waals surface area contributed by atoms with Gasteiger partial charge in [-0.15, -0.1) is 0 Å². The maximum absolute atomic E-state index is 13.7. The van der Waals surface area contributed by atoms with Crippen LogP contribution in [0.3, 0.4) is 0 Å². The Labute approximate surface area is 177 Å². The average molecular weight is 420 g/mol. The highest BCUT2D eigenvalue weighted by molar-refractivity contribution is 6.30. The number of fused-ring (bicyclic) bond motifs is 2. The highest BCUT2D eigenvalue weighted by Crippen LogP contribution is 2.37. The van der Waals surface area contributed by atoms with Gasteiger partial charge in [0.1, 0.15) is 18.9 Å². The number of halogens is 1. The summed E-state index contributed by atoms with van der Waals surface area (Å²) in [5, 5.41) is 1.28. The molecular formula is C23H18ClN3O3. The summed E-state index contributed by atoms with van der Waals surface area (Å²) in [6.07, 6.45) is 0. The molecule has 0 unspecified atom stereocenters. The van der Waals surface area contributed by atoms with Crippen LogP contribution in [0.4, 0.5) is 5.69 Å². The Kier molecular flexibility index (Phi) is 4.37. The number of anilines is 1. The molecule has 0 atom stereocenters. The monoisotopic (exact) mass is 419 g/mol. The van der Waals surface area contributed by atoms with Crippen LogP contribution in [0, 0.1) is 6.92 Å².